The minimum absolute atomic E-state index is 0.0457. The molecule has 4 heteroatoms. The summed E-state index contributed by atoms with van der Waals surface area (Å²) in [6.07, 6.45) is 19.0. The van der Waals surface area contributed by atoms with Gasteiger partial charge < -0.3 is 15.5 Å². The third kappa shape index (κ3) is 17.2. The summed E-state index contributed by atoms with van der Waals surface area (Å²) in [5.74, 6) is -0.0457. The molecule has 0 aromatic heterocycles. The van der Waals surface area contributed by atoms with Crippen LogP contribution in [0.5, 0.6) is 0 Å². The van der Waals surface area contributed by atoms with E-state index in [-0.39, 0.29) is 12.5 Å². The molecule has 0 heterocycles. The maximum absolute atomic E-state index is 12.0. The van der Waals surface area contributed by atoms with Gasteiger partial charge in [0.2, 0.25) is 5.91 Å². The molecule has 0 aliphatic rings. The molecule has 0 saturated heterocycles. The lowest BCUT2D eigenvalue weighted by molar-refractivity contribution is -0.123. The molecular formula is C23H47NO3. The molecule has 4 nitrogen and oxygen atoms in total. The first kappa shape index (κ1) is 26.4. The first-order chi connectivity index (χ1) is 13.2. The van der Waals surface area contributed by atoms with E-state index in [1.165, 1.54) is 64.2 Å². The average molecular weight is 386 g/mol. The van der Waals surface area contributed by atoms with Crippen molar-refractivity contribution in [1.29, 1.82) is 0 Å². The van der Waals surface area contributed by atoms with Gasteiger partial charge in [0.05, 0.1) is 18.8 Å². The van der Waals surface area contributed by atoms with Gasteiger partial charge in [-0.25, -0.2) is 0 Å². The fraction of sp³-hybridized carbons (Fsp3) is 0.957. The lowest BCUT2D eigenvalue weighted by atomic mass is 10.0. The molecule has 162 valence electrons. The van der Waals surface area contributed by atoms with Crippen molar-refractivity contribution in [3.63, 3.8) is 0 Å². The molecule has 0 aliphatic heterocycles. The number of nitrogens with one attached hydrogen (secondary N) is 1. The topological polar surface area (TPSA) is 69.6 Å². The third-order valence-corrected chi connectivity index (χ3v) is 5.37. The van der Waals surface area contributed by atoms with Crippen LogP contribution in [-0.4, -0.2) is 34.9 Å². The van der Waals surface area contributed by atoms with E-state index in [9.17, 15) is 15.0 Å². The lowest BCUT2D eigenvalue weighted by Gasteiger charge is -2.22. The largest absolute Gasteiger partial charge is 0.394 e. The van der Waals surface area contributed by atoms with Crippen molar-refractivity contribution in [2.24, 2.45) is 0 Å². The molecule has 0 bridgehead atoms. The van der Waals surface area contributed by atoms with Crippen LogP contribution in [0.15, 0.2) is 0 Å². The Morgan fingerprint density at radius 1 is 0.741 bits per heavy atom. The highest BCUT2D eigenvalue weighted by atomic mass is 16.3. The van der Waals surface area contributed by atoms with Gasteiger partial charge >= 0.3 is 0 Å². The summed E-state index contributed by atoms with van der Waals surface area (Å²) in [5, 5.41) is 22.3. The second kappa shape index (κ2) is 20.1. The minimum Gasteiger partial charge on any atom is -0.394 e. The molecule has 1 amide bonds. The van der Waals surface area contributed by atoms with E-state index in [0.29, 0.717) is 12.8 Å². The van der Waals surface area contributed by atoms with Gasteiger partial charge in [-0.3, -0.25) is 4.79 Å². The molecule has 3 N–H and O–H groups in total. The van der Waals surface area contributed by atoms with Crippen LogP contribution < -0.4 is 5.32 Å². The fourth-order valence-electron chi connectivity index (χ4n) is 3.47. The molecular weight excluding hydrogens is 338 g/mol. The van der Waals surface area contributed by atoms with E-state index in [1.807, 2.05) is 0 Å². The summed E-state index contributed by atoms with van der Waals surface area (Å²) in [6, 6.07) is -0.522. The van der Waals surface area contributed by atoms with Gasteiger partial charge in [0.1, 0.15) is 0 Å². The van der Waals surface area contributed by atoms with Crippen LogP contribution in [0.2, 0.25) is 0 Å². The van der Waals surface area contributed by atoms with Crippen molar-refractivity contribution < 1.29 is 15.0 Å². The Kier molecular flexibility index (Phi) is 19.7. The Morgan fingerprint density at radius 3 is 1.67 bits per heavy atom. The van der Waals surface area contributed by atoms with Gasteiger partial charge in [0.25, 0.3) is 0 Å². The van der Waals surface area contributed by atoms with Crippen molar-refractivity contribution in [3.8, 4) is 0 Å². The Labute approximate surface area is 168 Å². The summed E-state index contributed by atoms with van der Waals surface area (Å²) >= 11 is 0. The number of rotatable bonds is 20. The lowest BCUT2D eigenvalue weighted by Crippen LogP contribution is -2.45. The van der Waals surface area contributed by atoms with E-state index in [2.05, 4.69) is 19.2 Å². The highest BCUT2D eigenvalue weighted by molar-refractivity contribution is 5.76. The molecule has 0 aromatic rings. The van der Waals surface area contributed by atoms with E-state index in [4.69, 9.17) is 0 Å². The molecule has 27 heavy (non-hydrogen) atoms. The minimum atomic E-state index is -0.646. The van der Waals surface area contributed by atoms with Crippen molar-refractivity contribution in [1.82, 2.24) is 5.32 Å². The van der Waals surface area contributed by atoms with Crippen LogP contribution in [0.1, 0.15) is 123 Å². The molecule has 0 rings (SSSR count). The Morgan fingerprint density at radius 2 is 1.19 bits per heavy atom. The summed E-state index contributed by atoms with van der Waals surface area (Å²) < 4.78 is 0. The maximum atomic E-state index is 12.0. The zero-order valence-corrected chi connectivity index (χ0v) is 18.2. The third-order valence-electron chi connectivity index (χ3n) is 5.37. The van der Waals surface area contributed by atoms with Gasteiger partial charge in [0, 0.05) is 6.42 Å². The summed E-state index contributed by atoms with van der Waals surface area (Å²) in [7, 11) is 0. The van der Waals surface area contributed by atoms with Crippen LogP contribution in [0.4, 0.5) is 0 Å². The van der Waals surface area contributed by atoms with Crippen molar-refractivity contribution in [2.45, 2.75) is 135 Å². The van der Waals surface area contributed by atoms with E-state index < -0.39 is 12.1 Å². The number of hydrogen-bond donors (Lipinski definition) is 3. The Balaban J connectivity index is 3.53. The number of carbonyl (C=O) groups excluding carboxylic acids is 1. The molecule has 0 spiro atoms. The van der Waals surface area contributed by atoms with Crippen LogP contribution in [0.3, 0.4) is 0 Å². The standard InChI is InChI=1S/C23H47NO3/c1-3-5-7-8-9-10-11-12-13-14-15-17-19-23(27)24-21(20-25)22(26)18-16-6-4-2/h21-22,25-26H,3-20H2,1-2H3,(H,24,27). The second-order valence-electron chi connectivity index (χ2n) is 8.06. The first-order valence-corrected chi connectivity index (χ1v) is 11.7. The first-order valence-electron chi connectivity index (χ1n) is 11.7. The number of aliphatic hydroxyl groups is 2. The average Bonchev–Trinajstić information content (AvgIpc) is 2.67. The Hall–Kier alpha value is -0.610. The van der Waals surface area contributed by atoms with Gasteiger partial charge in [0.15, 0.2) is 0 Å². The molecule has 0 fully saturated rings. The van der Waals surface area contributed by atoms with Crippen LogP contribution in [0.25, 0.3) is 0 Å². The molecule has 2 atom stereocenters. The van der Waals surface area contributed by atoms with Crippen LogP contribution >= 0.6 is 0 Å². The monoisotopic (exact) mass is 385 g/mol. The van der Waals surface area contributed by atoms with Crippen LogP contribution in [-0.2, 0) is 4.79 Å². The number of aliphatic hydroxyl groups excluding tert-OH is 2. The van der Waals surface area contributed by atoms with Crippen molar-refractivity contribution >= 4 is 5.91 Å². The highest BCUT2D eigenvalue weighted by Gasteiger charge is 2.19. The molecule has 2 unspecified atom stereocenters. The highest BCUT2D eigenvalue weighted by Crippen LogP contribution is 2.13. The molecule has 0 radical (unpaired) electrons. The SMILES string of the molecule is CCCCCCCCCCCCCCC(=O)NC(CO)C(O)CCCCC. The smallest absolute Gasteiger partial charge is 0.220 e. The molecule has 0 aliphatic carbocycles. The van der Waals surface area contributed by atoms with E-state index >= 15 is 0 Å². The molecule has 0 saturated carbocycles. The van der Waals surface area contributed by atoms with Gasteiger partial charge in [-0.05, 0) is 12.8 Å². The van der Waals surface area contributed by atoms with Crippen molar-refractivity contribution in [3.05, 3.63) is 0 Å². The van der Waals surface area contributed by atoms with Gasteiger partial charge in [-0.1, -0.05) is 104 Å². The summed E-state index contributed by atoms with van der Waals surface area (Å²) in [6.45, 7) is 4.18. The predicted molar refractivity (Wildman–Crippen MR) is 115 cm³/mol. The predicted octanol–water partition coefficient (Wildman–Crippen LogP) is 5.50. The zero-order valence-electron chi connectivity index (χ0n) is 18.2. The number of hydrogen-bond acceptors (Lipinski definition) is 3. The second-order valence-corrected chi connectivity index (χ2v) is 8.06. The zero-order chi connectivity index (χ0) is 20.2. The maximum Gasteiger partial charge on any atom is 0.220 e. The summed E-state index contributed by atoms with van der Waals surface area (Å²) in [4.78, 5) is 12.0. The number of carbonyl (C=O) groups is 1. The van der Waals surface area contributed by atoms with E-state index in [1.54, 1.807) is 0 Å². The quantitative estimate of drug-likeness (QED) is 0.242. The Bertz CT molecular complexity index is 323. The van der Waals surface area contributed by atoms with Crippen molar-refractivity contribution in [2.75, 3.05) is 6.61 Å². The van der Waals surface area contributed by atoms with E-state index in [0.717, 1.165) is 32.1 Å². The van der Waals surface area contributed by atoms with Gasteiger partial charge in [-0.2, -0.15) is 0 Å². The number of amides is 1. The summed E-state index contributed by atoms with van der Waals surface area (Å²) in [5.41, 5.74) is 0. The normalized spacial score (nSPS) is 13.5. The van der Waals surface area contributed by atoms with Crippen LogP contribution in [0, 0.1) is 0 Å². The fourth-order valence-corrected chi connectivity index (χ4v) is 3.47. The van der Waals surface area contributed by atoms with Gasteiger partial charge in [-0.15, -0.1) is 0 Å². The number of unbranched alkanes of at least 4 members (excludes halogenated alkanes) is 13. The molecule has 0 aromatic carbocycles.